The molecule has 0 spiro atoms. The predicted molar refractivity (Wildman–Crippen MR) is 98.6 cm³/mol. The Morgan fingerprint density at radius 1 is 1.12 bits per heavy atom. The van der Waals surface area contributed by atoms with Gasteiger partial charge in [0.25, 0.3) is 5.91 Å². The number of nitrogens with one attached hydrogen (secondary N) is 2. The molecule has 0 aliphatic carbocycles. The largest absolute Gasteiger partial charge is 0.351 e. The number of halogens is 1. The standard InChI is InChI=1S/C19H18ClN3O2/c1-23(12-13-5-3-2-4-6-13)18(24)11-21-19(25)17-10-14-9-15(20)7-8-16(14)22-17/h2-10,22H,11-12H2,1H3,(H,21,25). The highest BCUT2D eigenvalue weighted by atomic mass is 35.5. The summed E-state index contributed by atoms with van der Waals surface area (Å²) in [6, 6.07) is 16.8. The topological polar surface area (TPSA) is 65.2 Å². The van der Waals surface area contributed by atoms with Gasteiger partial charge in [0.2, 0.25) is 5.91 Å². The molecule has 6 heteroatoms. The Hall–Kier alpha value is -2.79. The number of nitrogens with zero attached hydrogens (tertiary/aromatic N) is 1. The zero-order chi connectivity index (χ0) is 17.8. The second-order valence-electron chi connectivity index (χ2n) is 5.83. The van der Waals surface area contributed by atoms with Gasteiger partial charge in [0.1, 0.15) is 5.69 Å². The van der Waals surface area contributed by atoms with Crippen molar-refractivity contribution in [2.24, 2.45) is 0 Å². The maximum atomic E-state index is 12.2. The second kappa shape index (κ2) is 7.40. The van der Waals surface area contributed by atoms with Gasteiger partial charge < -0.3 is 15.2 Å². The summed E-state index contributed by atoms with van der Waals surface area (Å²) in [6.45, 7) is 0.443. The van der Waals surface area contributed by atoms with E-state index in [1.54, 1.807) is 30.1 Å². The first-order valence-electron chi connectivity index (χ1n) is 7.87. The number of aromatic nitrogens is 1. The van der Waals surface area contributed by atoms with Crippen LogP contribution in [0.4, 0.5) is 0 Å². The van der Waals surface area contributed by atoms with Gasteiger partial charge in [0.15, 0.2) is 0 Å². The van der Waals surface area contributed by atoms with Crippen molar-refractivity contribution in [2.75, 3.05) is 13.6 Å². The average Bonchev–Trinajstić information content (AvgIpc) is 3.03. The highest BCUT2D eigenvalue weighted by Crippen LogP contribution is 2.20. The minimum atomic E-state index is -0.325. The first-order valence-corrected chi connectivity index (χ1v) is 8.25. The monoisotopic (exact) mass is 355 g/mol. The van der Waals surface area contributed by atoms with Crippen molar-refractivity contribution in [3.05, 3.63) is 70.9 Å². The van der Waals surface area contributed by atoms with Crippen molar-refractivity contribution in [1.82, 2.24) is 15.2 Å². The van der Waals surface area contributed by atoms with Crippen molar-refractivity contribution in [3.63, 3.8) is 0 Å². The molecule has 5 nitrogen and oxygen atoms in total. The normalized spacial score (nSPS) is 10.6. The smallest absolute Gasteiger partial charge is 0.268 e. The first-order chi connectivity index (χ1) is 12.0. The van der Waals surface area contributed by atoms with Crippen LogP contribution in [0.1, 0.15) is 16.1 Å². The van der Waals surface area contributed by atoms with Crippen LogP contribution in [0.15, 0.2) is 54.6 Å². The molecule has 1 heterocycles. The van der Waals surface area contributed by atoms with Gasteiger partial charge in [-0.1, -0.05) is 41.9 Å². The molecule has 0 atom stereocenters. The molecular formula is C19H18ClN3O2. The number of aromatic amines is 1. The maximum Gasteiger partial charge on any atom is 0.268 e. The summed E-state index contributed by atoms with van der Waals surface area (Å²) in [5.74, 6) is -0.481. The number of H-pyrrole nitrogens is 1. The molecule has 0 bridgehead atoms. The quantitative estimate of drug-likeness (QED) is 0.738. The Balaban J connectivity index is 1.58. The van der Waals surface area contributed by atoms with Gasteiger partial charge in [-0.15, -0.1) is 0 Å². The van der Waals surface area contributed by atoms with Crippen LogP contribution in [0, 0.1) is 0 Å². The van der Waals surface area contributed by atoms with E-state index in [4.69, 9.17) is 11.6 Å². The molecule has 2 amide bonds. The Kier molecular flexibility index (Phi) is 5.05. The van der Waals surface area contributed by atoms with Crippen LogP contribution in [0.25, 0.3) is 10.9 Å². The minimum Gasteiger partial charge on any atom is -0.351 e. The zero-order valence-corrected chi connectivity index (χ0v) is 14.5. The number of carbonyl (C=O) groups is 2. The molecule has 128 valence electrons. The second-order valence-corrected chi connectivity index (χ2v) is 6.27. The third kappa shape index (κ3) is 4.19. The molecule has 0 aliphatic heterocycles. The molecule has 3 aromatic rings. The van der Waals surface area contributed by atoms with Gasteiger partial charge in [0.05, 0.1) is 6.54 Å². The van der Waals surface area contributed by atoms with E-state index in [1.807, 2.05) is 36.4 Å². The zero-order valence-electron chi connectivity index (χ0n) is 13.8. The summed E-state index contributed by atoms with van der Waals surface area (Å²) in [4.78, 5) is 29.0. The number of carbonyl (C=O) groups excluding carboxylic acids is 2. The van der Waals surface area contributed by atoms with Crippen molar-refractivity contribution in [3.8, 4) is 0 Å². The van der Waals surface area contributed by atoms with Crippen molar-refractivity contribution < 1.29 is 9.59 Å². The van der Waals surface area contributed by atoms with Gasteiger partial charge in [-0.25, -0.2) is 0 Å². The highest BCUT2D eigenvalue weighted by Gasteiger charge is 2.14. The van der Waals surface area contributed by atoms with Gasteiger partial charge in [-0.2, -0.15) is 0 Å². The molecule has 0 saturated heterocycles. The summed E-state index contributed by atoms with van der Waals surface area (Å²) in [6.07, 6.45) is 0. The van der Waals surface area contributed by atoms with E-state index in [0.717, 1.165) is 16.5 Å². The van der Waals surface area contributed by atoms with E-state index in [2.05, 4.69) is 10.3 Å². The lowest BCUT2D eigenvalue weighted by Gasteiger charge is -2.17. The van der Waals surface area contributed by atoms with Crippen molar-refractivity contribution in [1.29, 1.82) is 0 Å². The lowest BCUT2D eigenvalue weighted by molar-refractivity contribution is -0.129. The van der Waals surface area contributed by atoms with E-state index in [1.165, 1.54) is 0 Å². The summed E-state index contributed by atoms with van der Waals surface area (Å²) >= 11 is 5.95. The first kappa shape index (κ1) is 17.0. The van der Waals surface area contributed by atoms with E-state index in [-0.39, 0.29) is 18.4 Å². The van der Waals surface area contributed by atoms with Crippen LogP contribution >= 0.6 is 11.6 Å². The Bertz CT molecular complexity index is 905. The SMILES string of the molecule is CN(Cc1ccccc1)C(=O)CNC(=O)c1cc2cc(Cl)ccc2[nH]1. The highest BCUT2D eigenvalue weighted by molar-refractivity contribution is 6.31. The van der Waals surface area contributed by atoms with Crippen molar-refractivity contribution in [2.45, 2.75) is 6.54 Å². The Morgan fingerprint density at radius 2 is 1.88 bits per heavy atom. The molecule has 2 aromatic carbocycles. The van der Waals surface area contributed by atoms with Gasteiger partial charge in [0, 0.05) is 29.5 Å². The summed E-state index contributed by atoms with van der Waals surface area (Å²) in [5, 5.41) is 4.11. The van der Waals surface area contributed by atoms with Gasteiger partial charge >= 0.3 is 0 Å². The molecular weight excluding hydrogens is 338 g/mol. The Labute approximate surface area is 150 Å². The lowest BCUT2D eigenvalue weighted by Crippen LogP contribution is -2.37. The van der Waals surface area contributed by atoms with Crippen LogP contribution in [-0.4, -0.2) is 35.3 Å². The number of fused-ring (bicyclic) bond motifs is 1. The lowest BCUT2D eigenvalue weighted by atomic mass is 10.2. The average molecular weight is 356 g/mol. The van der Waals surface area contributed by atoms with Crippen molar-refractivity contribution >= 4 is 34.3 Å². The Morgan fingerprint density at radius 3 is 2.64 bits per heavy atom. The number of hydrogen-bond acceptors (Lipinski definition) is 2. The van der Waals surface area contributed by atoms with E-state index >= 15 is 0 Å². The fourth-order valence-electron chi connectivity index (χ4n) is 2.56. The number of hydrogen-bond donors (Lipinski definition) is 2. The third-order valence-corrected chi connectivity index (χ3v) is 4.15. The third-order valence-electron chi connectivity index (χ3n) is 3.92. The molecule has 1 aromatic heterocycles. The van der Waals surface area contributed by atoms with Gasteiger partial charge in [-0.05, 0) is 29.8 Å². The number of rotatable bonds is 5. The fourth-order valence-corrected chi connectivity index (χ4v) is 2.74. The molecule has 25 heavy (non-hydrogen) atoms. The summed E-state index contributed by atoms with van der Waals surface area (Å²) in [5.41, 5.74) is 2.26. The predicted octanol–water partition coefficient (Wildman–Crippen LogP) is 3.21. The molecule has 0 unspecified atom stereocenters. The number of likely N-dealkylation sites (N-methyl/N-ethyl adjacent to an activating group) is 1. The number of benzene rings is 2. The molecule has 0 radical (unpaired) electrons. The van der Waals surface area contributed by atoms with E-state index in [9.17, 15) is 9.59 Å². The number of amides is 2. The molecule has 0 saturated carbocycles. The van der Waals surface area contributed by atoms with Crippen LogP contribution in [0.3, 0.4) is 0 Å². The summed E-state index contributed by atoms with van der Waals surface area (Å²) in [7, 11) is 1.71. The molecule has 3 rings (SSSR count). The molecule has 0 fully saturated rings. The summed E-state index contributed by atoms with van der Waals surface area (Å²) < 4.78 is 0. The van der Waals surface area contributed by atoms with Crippen LogP contribution in [0.2, 0.25) is 5.02 Å². The molecule has 2 N–H and O–H groups in total. The van der Waals surface area contributed by atoms with Crippen LogP contribution < -0.4 is 5.32 Å². The van der Waals surface area contributed by atoms with E-state index in [0.29, 0.717) is 17.3 Å². The van der Waals surface area contributed by atoms with E-state index < -0.39 is 0 Å². The van der Waals surface area contributed by atoms with Gasteiger partial charge in [-0.3, -0.25) is 9.59 Å². The maximum absolute atomic E-state index is 12.2. The minimum absolute atomic E-state index is 0.0573. The molecule has 0 aliphatic rings. The van der Waals surface area contributed by atoms with Crippen LogP contribution in [0.5, 0.6) is 0 Å². The van der Waals surface area contributed by atoms with Crippen LogP contribution in [-0.2, 0) is 11.3 Å². The fraction of sp³-hybridized carbons (Fsp3) is 0.158.